The van der Waals surface area contributed by atoms with Gasteiger partial charge in [-0.25, -0.2) is 0 Å². The Bertz CT molecular complexity index is 520. The Labute approximate surface area is 125 Å². The Morgan fingerprint density at radius 2 is 2.24 bits per heavy atom. The molecule has 3 unspecified atom stereocenters. The van der Waals surface area contributed by atoms with E-state index >= 15 is 0 Å². The van der Waals surface area contributed by atoms with Gasteiger partial charge in [0.15, 0.2) is 0 Å². The van der Waals surface area contributed by atoms with Crippen molar-refractivity contribution in [3.8, 4) is 0 Å². The minimum atomic E-state index is -0.326. The van der Waals surface area contributed by atoms with Crippen LogP contribution in [0.1, 0.15) is 44.2 Å². The van der Waals surface area contributed by atoms with Crippen molar-refractivity contribution in [2.24, 2.45) is 0 Å². The summed E-state index contributed by atoms with van der Waals surface area (Å²) in [7, 11) is 0. The minimum Gasteiger partial charge on any atom is -0.307 e. The number of hydrogen-bond donors (Lipinski definition) is 1. The van der Waals surface area contributed by atoms with Gasteiger partial charge in [-0.1, -0.05) is 12.1 Å². The number of benzene rings is 1. The first-order chi connectivity index (χ1) is 10.1. The first-order valence-corrected chi connectivity index (χ1v) is 7.88. The number of hydrogen-bond acceptors (Lipinski definition) is 4. The Kier molecular flexibility index (Phi) is 4.22. The van der Waals surface area contributed by atoms with Crippen molar-refractivity contribution < 1.29 is 4.92 Å². The molecule has 114 valence electrons. The third kappa shape index (κ3) is 3.24. The molecule has 0 amide bonds. The maximum absolute atomic E-state index is 10.9. The number of fused-ring (bicyclic) bond motifs is 1. The van der Waals surface area contributed by atoms with Crippen molar-refractivity contribution in [3.63, 3.8) is 0 Å². The highest BCUT2D eigenvalue weighted by molar-refractivity contribution is 5.35. The number of nitrogens with zero attached hydrogens (tertiary/aromatic N) is 2. The zero-order chi connectivity index (χ0) is 14.8. The fourth-order valence-corrected chi connectivity index (χ4v) is 3.73. The van der Waals surface area contributed by atoms with Gasteiger partial charge in [-0.15, -0.1) is 0 Å². The summed E-state index contributed by atoms with van der Waals surface area (Å²) in [6.45, 7) is 4.54. The third-order valence-electron chi connectivity index (χ3n) is 4.89. The monoisotopic (exact) mass is 289 g/mol. The molecule has 1 aromatic carbocycles. The maximum Gasteiger partial charge on any atom is 0.269 e. The molecule has 2 heterocycles. The Balaban J connectivity index is 1.62. The van der Waals surface area contributed by atoms with Gasteiger partial charge in [0.1, 0.15) is 0 Å². The van der Waals surface area contributed by atoms with Crippen LogP contribution in [-0.2, 0) is 0 Å². The van der Waals surface area contributed by atoms with Crippen LogP contribution in [0.25, 0.3) is 0 Å². The molecule has 0 saturated carbocycles. The lowest BCUT2D eigenvalue weighted by Crippen LogP contribution is -2.46. The molecule has 2 aliphatic rings. The van der Waals surface area contributed by atoms with Gasteiger partial charge in [-0.2, -0.15) is 0 Å². The number of non-ortho nitro benzene ring substituents is 1. The fraction of sp³-hybridized carbons (Fsp3) is 0.625. The molecule has 5 heteroatoms. The molecule has 0 radical (unpaired) electrons. The van der Waals surface area contributed by atoms with Crippen molar-refractivity contribution >= 4 is 5.69 Å². The van der Waals surface area contributed by atoms with E-state index in [0.29, 0.717) is 6.04 Å². The van der Waals surface area contributed by atoms with Crippen molar-refractivity contribution in [2.75, 3.05) is 13.1 Å². The molecule has 0 spiro atoms. The largest absolute Gasteiger partial charge is 0.307 e. The van der Waals surface area contributed by atoms with Gasteiger partial charge >= 0.3 is 0 Å². The SMILES string of the molecule is CC(NC1CCN2CCCC2C1)c1cccc([N+](=O)[O-])c1. The second-order valence-electron chi connectivity index (χ2n) is 6.29. The lowest BCUT2D eigenvalue weighted by molar-refractivity contribution is -0.384. The normalized spacial score (nSPS) is 27.3. The molecule has 5 nitrogen and oxygen atoms in total. The zero-order valence-electron chi connectivity index (χ0n) is 12.5. The van der Waals surface area contributed by atoms with Gasteiger partial charge < -0.3 is 10.2 Å². The van der Waals surface area contributed by atoms with Crippen molar-refractivity contribution in [1.29, 1.82) is 0 Å². The highest BCUT2D eigenvalue weighted by Crippen LogP contribution is 2.28. The summed E-state index contributed by atoms with van der Waals surface area (Å²) in [5.41, 5.74) is 1.17. The lowest BCUT2D eigenvalue weighted by atomic mass is 9.96. The van der Waals surface area contributed by atoms with Gasteiger partial charge in [0, 0.05) is 30.3 Å². The van der Waals surface area contributed by atoms with E-state index in [2.05, 4.69) is 17.1 Å². The van der Waals surface area contributed by atoms with E-state index in [-0.39, 0.29) is 16.7 Å². The van der Waals surface area contributed by atoms with E-state index < -0.39 is 0 Å². The summed E-state index contributed by atoms with van der Waals surface area (Å²) < 4.78 is 0. The summed E-state index contributed by atoms with van der Waals surface area (Å²) in [5.74, 6) is 0. The van der Waals surface area contributed by atoms with Gasteiger partial charge in [-0.05, 0) is 51.3 Å². The molecule has 3 atom stereocenters. The summed E-state index contributed by atoms with van der Waals surface area (Å²) in [6.07, 6.45) is 5.04. The van der Waals surface area contributed by atoms with E-state index in [1.165, 1.54) is 38.8 Å². The number of nitro benzene ring substituents is 1. The number of rotatable bonds is 4. The van der Waals surface area contributed by atoms with Gasteiger partial charge in [0.05, 0.1) is 4.92 Å². The van der Waals surface area contributed by atoms with Crippen LogP contribution in [0.15, 0.2) is 24.3 Å². The molecule has 0 bridgehead atoms. The topological polar surface area (TPSA) is 58.4 Å². The van der Waals surface area contributed by atoms with Crippen LogP contribution in [-0.4, -0.2) is 35.0 Å². The predicted molar refractivity (Wildman–Crippen MR) is 82.3 cm³/mol. The molecular weight excluding hydrogens is 266 g/mol. The first kappa shape index (κ1) is 14.5. The number of nitrogens with one attached hydrogen (secondary N) is 1. The molecule has 2 fully saturated rings. The summed E-state index contributed by atoms with van der Waals surface area (Å²) in [4.78, 5) is 13.2. The quantitative estimate of drug-likeness (QED) is 0.684. The predicted octanol–water partition coefficient (Wildman–Crippen LogP) is 2.87. The molecule has 2 aliphatic heterocycles. The standard InChI is InChI=1S/C16H23N3O2/c1-12(13-4-2-5-16(10-13)19(20)21)17-14-7-9-18-8-3-6-15(18)11-14/h2,4-5,10,12,14-15,17H,3,6-9,11H2,1H3. The van der Waals surface area contributed by atoms with E-state index in [1.54, 1.807) is 18.2 Å². The lowest BCUT2D eigenvalue weighted by Gasteiger charge is -2.36. The molecular formula is C16H23N3O2. The van der Waals surface area contributed by atoms with Crippen LogP contribution in [0, 0.1) is 10.1 Å². The van der Waals surface area contributed by atoms with E-state index in [1.807, 2.05) is 6.07 Å². The average molecular weight is 289 g/mol. The van der Waals surface area contributed by atoms with Gasteiger partial charge in [-0.3, -0.25) is 10.1 Å². The van der Waals surface area contributed by atoms with Crippen molar-refractivity contribution in [1.82, 2.24) is 10.2 Å². The molecule has 3 rings (SSSR count). The van der Waals surface area contributed by atoms with Crippen LogP contribution in [0.3, 0.4) is 0 Å². The molecule has 1 aromatic rings. The summed E-state index contributed by atoms with van der Waals surface area (Å²) in [6, 6.07) is 8.39. The number of piperidine rings is 1. The van der Waals surface area contributed by atoms with Crippen molar-refractivity contribution in [3.05, 3.63) is 39.9 Å². The van der Waals surface area contributed by atoms with Gasteiger partial charge in [0.2, 0.25) is 0 Å². The maximum atomic E-state index is 10.9. The molecule has 21 heavy (non-hydrogen) atoms. The van der Waals surface area contributed by atoms with E-state index in [4.69, 9.17) is 0 Å². The second-order valence-corrected chi connectivity index (χ2v) is 6.29. The van der Waals surface area contributed by atoms with Crippen LogP contribution < -0.4 is 5.32 Å². The Morgan fingerprint density at radius 3 is 3.05 bits per heavy atom. The van der Waals surface area contributed by atoms with E-state index in [0.717, 1.165) is 11.6 Å². The highest BCUT2D eigenvalue weighted by atomic mass is 16.6. The minimum absolute atomic E-state index is 0.155. The molecule has 0 aliphatic carbocycles. The molecule has 2 saturated heterocycles. The fourth-order valence-electron chi connectivity index (χ4n) is 3.73. The Hall–Kier alpha value is -1.46. The van der Waals surface area contributed by atoms with Crippen LogP contribution >= 0.6 is 0 Å². The number of nitro groups is 1. The Morgan fingerprint density at radius 1 is 1.38 bits per heavy atom. The zero-order valence-corrected chi connectivity index (χ0v) is 12.5. The average Bonchev–Trinajstić information content (AvgIpc) is 2.95. The molecule has 1 N–H and O–H groups in total. The van der Waals surface area contributed by atoms with E-state index in [9.17, 15) is 10.1 Å². The summed E-state index contributed by atoms with van der Waals surface area (Å²) >= 11 is 0. The smallest absolute Gasteiger partial charge is 0.269 e. The van der Waals surface area contributed by atoms with Crippen molar-refractivity contribution in [2.45, 2.75) is 50.7 Å². The van der Waals surface area contributed by atoms with Crippen LogP contribution in [0.4, 0.5) is 5.69 Å². The summed E-state index contributed by atoms with van der Waals surface area (Å²) in [5, 5.41) is 14.5. The van der Waals surface area contributed by atoms with Crippen LogP contribution in [0.5, 0.6) is 0 Å². The first-order valence-electron chi connectivity index (χ1n) is 7.88. The second kappa shape index (κ2) is 6.12. The van der Waals surface area contributed by atoms with Crippen LogP contribution in [0.2, 0.25) is 0 Å². The molecule has 0 aromatic heterocycles. The third-order valence-corrected chi connectivity index (χ3v) is 4.89. The highest BCUT2D eigenvalue weighted by Gasteiger charge is 2.32. The van der Waals surface area contributed by atoms with Gasteiger partial charge in [0.25, 0.3) is 5.69 Å².